The lowest BCUT2D eigenvalue weighted by Gasteiger charge is -2.21. The number of morpholine rings is 1. The maximum absolute atomic E-state index is 5.85. The molecule has 1 saturated heterocycles. The number of rotatable bonds is 5. The van der Waals surface area contributed by atoms with E-state index in [1.807, 2.05) is 36.0 Å². The van der Waals surface area contributed by atoms with Gasteiger partial charge >= 0.3 is 0 Å². The molecule has 1 aliphatic heterocycles. The summed E-state index contributed by atoms with van der Waals surface area (Å²) in [6.45, 7) is 3.06. The molecule has 1 aromatic carbocycles. The number of aromatic nitrogens is 2. The zero-order valence-electron chi connectivity index (χ0n) is 12.6. The second-order valence-corrected chi connectivity index (χ2v) is 5.74. The molecule has 5 nitrogen and oxygen atoms in total. The Bertz CT molecular complexity index is 606. The normalized spacial score (nSPS) is 18.4. The maximum Gasteiger partial charge on any atom is 0.119 e. The number of ether oxygens (including phenoxy) is 2. The largest absolute Gasteiger partial charge is 0.493 e. The molecule has 1 atom stereocenters. The summed E-state index contributed by atoms with van der Waals surface area (Å²) in [6.07, 6.45) is 0.845. The van der Waals surface area contributed by atoms with E-state index in [9.17, 15) is 0 Å². The van der Waals surface area contributed by atoms with Crippen molar-refractivity contribution in [2.24, 2.45) is 7.05 Å². The third-order valence-electron chi connectivity index (χ3n) is 3.69. The van der Waals surface area contributed by atoms with Crippen molar-refractivity contribution >= 4 is 11.6 Å². The van der Waals surface area contributed by atoms with E-state index < -0.39 is 0 Å². The summed E-state index contributed by atoms with van der Waals surface area (Å²) in [5, 5.41) is 8.58. The molecular weight excluding hydrogens is 302 g/mol. The Hall–Kier alpha value is -1.56. The van der Waals surface area contributed by atoms with Crippen molar-refractivity contribution in [3.63, 3.8) is 0 Å². The molecule has 1 aromatic heterocycles. The van der Waals surface area contributed by atoms with Crippen LogP contribution in [0.25, 0.3) is 0 Å². The molecular formula is C16H20ClN3O2. The van der Waals surface area contributed by atoms with Gasteiger partial charge in [0.1, 0.15) is 11.9 Å². The zero-order chi connectivity index (χ0) is 15.4. The molecule has 0 radical (unpaired) electrons. The first-order valence-corrected chi connectivity index (χ1v) is 7.83. The van der Waals surface area contributed by atoms with E-state index in [0.717, 1.165) is 43.3 Å². The van der Waals surface area contributed by atoms with Crippen LogP contribution in [-0.2, 0) is 18.2 Å². The van der Waals surface area contributed by atoms with Crippen molar-refractivity contribution in [3.05, 3.63) is 46.7 Å². The molecule has 0 bridgehead atoms. The number of nitrogens with one attached hydrogen (secondary N) is 1. The van der Waals surface area contributed by atoms with Crippen LogP contribution in [0.3, 0.4) is 0 Å². The van der Waals surface area contributed by atoms with Crippen molar-refractivity contribution in [1.29, 1.82) is 0 Å². The molecule has 1 fully saturated rings. The van der Waals surface area contributed by atoms with Gasteiger partial charge in [-0.2, -0.15) is 5.10 Å². The highest BCUT2D eigenvalue weighted by molar-refractivity contribution is 6.30. The van der Waals surface area contributed by atoms with Crippen LogP contribution in [-0.4, -0.2) is 36.1 Å². The minimum atomic E-state index is 0.0471. The molecule has 0 spiro atoms. The van der Waals surface area contributed by atoms with Gasteiger partial charge in [-0.15, -0.1) is 0 Å². The molecule has 2 heterocycles. The van der Waals surface area contributed by atoms with Gasteiger partial charge in [0, 0.05) is 37.3 Å². The fraction of sp³-hybridized carbons (Fsp3) is 0.438. The monoisotopic (exact) mass is 321 g/mol. The van der Waals surface area contributed by atoms with E-state index in [1.54, 1.807) is 0 Å². The minimum absolute atomic E-state index is 0.0471. The molecule has 1 N–H and O–H groups in total. The topological polar surface area (TPSA) is 48.3 Å². The lowest BCUT2D eigenvalue weighted by atomic mass is 10.2. The maximum atomic E-state index is 5.85. The Kier molecular flexibility index (Phi) is 4.97. The summed E-state index contributed by atoms with van der Waals surface area (Å²) < 4.78 is 13.4. The van der Waals surface area contributed by atoms with Gasteiger partial charge in [-0.1, -0.05) is 11.6 Å². The molecule has 0 amide bonds. The van der Waals surface area contributed by atoms with Gasteiger partial charge in [0.15, 0.2) is 0 Å². The second-order valence-electron chi connectivity index (χ2n) is 5.30. The van der Waals surface area contributed by atoms with E-state index in [-0.39, 0.29) is 6.10 Å². The summed E-state index contributed by atoms with van der Waals surface area (Å²) in [5.41, 5.74) is 2.12. The predicted octanol–water partition coefficient (Wildman–Crippen LogP) is 2.36. The van der Waals surface area contributed by atoms with Crippen molar-refractivity contribution in [2.75, 3.05) is 26.3 Å². The summed E-state index contributed by atoms with van der Waals surface area (Å²) in [4.78, 5) is 0. The molecule has 6 heteroatoms. The molecule has 2 aromatic rings. The molecule has 1 aliphatic rings. The first-order valence-electron chi connectivity index (χ1n) is 7.46. The highest BCUT2D eigenvalue weighted by Crippen LogP contribution is 2.19. The molecule has 0 saturated carbocycles. The number of halogens is 1. The van der Waals surface area contributed by atoms with E-state index in [0.29, 0.717) is 11.6 Å². The summed E-state index contributed by atoms with van der Waals surface area (Å²) >= 11 is 5.85. The zero-order valence-corrected chi connectivity index (χ0v) is 13.3. The molecule has 118 valence electrons. The Morgan fingerprint density at radius 1 is 1.41 bits per heavy atom. The van der Waals surface area contributed by atoms with E-state index in [2.05, 4.69) is 16.5 Å². The standard InChI is InChI=1S/C16H20ClN3O2/c1-20-13(6-8-21-14-4-2-12(17)3-5-14)10-15(19-20)16-11-18-7-9-22-16/h2-5,10,16,18H,6-9,11H2,1H3/t16-/m0/s1. The van der Waals surface area contributed by atoms with Gasteiger partial charge in [-0.25, -0.2) is 0 Å². The number of nitrogens with zero attached hydrogens (tertiary/aromatic N) is 2. The van der Waals surface area contributed by atoms with E-state index >= 15 is 0 Å². The lowest BCUT2D eigenvalue weighted by molar-refractivity contribution is 0.0247. The van der Waals surface area contributed by atoms with Crippen LogP contribution in [0.5, 0.6) is 5.75 Å². The van der Waals surface area contributed by atoms with Gasteiger partial charge in [-0.3, -0.25) is 4.68 Å². The van der Waals surface area contributed by atoms with Gasteiger partial charge < -0.3 is 14.8 Å². The van der Waals surface area contributed by atoms with Crippen molar-refractivity contribution in [2.45, 2.75) is 12.5 Å². The first-order chi connectivity index (χ1) is 10.7. The molecule has 0 unspecified atom stereocenters. The van der Waals surface area contributed by atoms with Crippen LogP contribution in [0.15, 0.2) is 30.3 Å². The Morgan fingerprint density at radius 3 is 2.95 bits per heavy atom. The first kappa shape index (κ1) is 15.3. The number of hydrogen-bond acceptors (Lipinski definition) is 4. The molecule has 0 aliphatic carbocycles. The van der Waals surface area contributed by atoms with Crippen molar-refractivity contribution in [1.82, 2.24) is 15.1 Å². The second kappa shape index (κ2) is 7.13. The van der Waals surface area contributed by atoms with Crippen molar-refractivity contribution < 1.29 is 9.47 Å². The van der Waals surface area contributed by atoms with E-state index in [4.69, 9.17) is 21.1 Å². The Morgan fingerprint density at radius 2 is 2.23 bits per heavy atom. The third kappa shape index (κ3) is 3.80. The lowest BCUT2D eigenvalue weighted by Crippen LogP contribution is -2.33. The van der Waals surface area contributed by atoms with E-state index in [1.165, 1.54) is 0 Å². The van der Waals surface area contributed by atoms with Gasteiger partial charge in [-0.05, 0) is 30.3 Å². The smallest absolute Gasteiger partial charge is 0.119 e. The Balaban J connectivity index is 1.56. The van der Waals surface area contributed by atoms with Crippen LogP contribution in [0.2, 0.25) is 5.02 Å². The van der Waals surface area contributed by atoms with Gasteiger partial charge in [0.05, 0.1) is 18.9 Å². The van der Waals surface area contributed by atoms with Crippen molar-refractivity contribution in [3.8, 4) is 5.75 Å². The predicted molar refractivity (Wildman–Crippen MR) is 85.4 cm³/mol. The SMILES string of the molecule is Cn1nc([C@@H]2CNCCO2)cc1CCOc1ccc(Cl)cc1. The minimum Gasteiger partial charge on any atom is -0.493 e. The number of aryl methyl sites for hydroxylation is 1. The van der Waals surface area contributed by atoms with Gasteiger partial charge in [0.25, 0.3) is 0 Å². The summed E-state index contributed by atoms with van der Waals surface area (Å²) in [6, 6.07) is 9.50. The van der Waals surface area contributed by atoms with Crippen LogP contribution in [0.4, 0.5) is 0 Å². The average molecular weight is 322 g/mol. The van der Waals surface area contributed by atoms with Crippen LogP contribution in [0, 0.1) is 0 Å². The summed E-state index contributed by atoms with van der Waals surface area (Å²) in [5.74, 6) is 0.826. The number of hydrogen-bond donors (Lipinski definition) is 1. The van der Waals surface area contributed by atoms with Crippen LogP contribution in [0.1, 0.15) is 17.5 Å². The third-order valence-corrected chi connectivity index (χ3v) is 3.95. The van der Waals surface area contributed by atoms with Gasteiger partial charge in [0.2, 0.25) is 0 Å². The number of benzene rings is 1. The van der Waals surface area contributed by atoms with Crippen LogP contribution < -0.4 is 10.1 Å². The molecule has 3 rings (SSSR count). The average Bonchev–Trinajstić information content (AvgIpc) is 2.91. The highest BCUT2D eigenvalue weighted by Gasteiger charge is 2.19. The Labute approximate surface area is 135 Å². The quantitative estimate of drug-likeness (QED) is 0.918. The van der Waals surface area contributed by atoms with Crippen LogP contribution >= 0.6 is 11.6 Å². The summed E-state index contributed by atoms with van der Waals surface area (Å²) in [7, 11) is 1.96. The fourth-order valence-electron chi connectivity index (χ4n) is 2.48. The fourth-order valence-corrected chi connectivity index (χ4v) is 2.61. The molecule has 22 heavy (non-hydrogen) atoms. The highest BCUT2D eigenvalue weighted by atomic mass is 35.5.